The van der Waals surface area contributed by atoms with Gasteiger partial charge in [-0.2, -0.15) is 5.10 Å². The van der Waals surface area contributed by atoms with Crippen molar-refractivity contribution in [2.75, 3.05) is 0 Å². The van der Waals surface area contributed by atoms with Crippen LogP contribution in [0.1, 0.15) is 25.6 Å². The predicted molar refractivity (Wildman–Crippen MR) is 47.1 cm³/mol. The molecule has 2 aromatic rings. The van der Waals surface area contributed by atoms with Crippen molar-refractivity contribution in [2.24, 2.45) is 0 Å². The van der Waals surface area contributed by atoms with E-state index in [0.29, 0.717) is 5.92 Å². The van der Waals surface area contributed by atoms with E-state index in [1.807, 2.05) is 18.3 Å². The van der Waals surface area contributed by atoms with Crippen molar-refractivity contribution >= 4 is 5.52 Å². The number of hydrogen-bond donors (Lipinski definition) is 0. The van der Waals surface area contributed by atoms with Crippen LogP contribution in [0.4, 0.5) is 0 Å². The minimum absolute atomic E-state index is 0.411. The molecule has 0 saturated heterocycles. The van der Waals surface area contributed by atoms with Crippen LogP contribution < -0.4 is 0 Å². The molecule has 0 spiro atoms. The number of hydrogen-bond acceptors (Lipinski definition) is 2. The first-order chi connectivity index (χ1) is 5.79. The average Bonchev–Trinajstić information content (AvgIpc) is 2.49. The summed E-state index contributed by atoms with van der Waals surface area (Å²) < 4.78 is 2.07. The van der Waals surface area contributed by atoms with Crippen molar-refractivity contribution in [1.82, 2.24) is 14.6 Å². The van der Waals surface area contributed by atoms with Gasteiger partial charge in [-0.15, -0.1) is 5.10 Å². The smallest absolute Gasteiger partial charge is 0.138 e. The quantitative estimate of drug-likeness (QED) is 0.639. The van der Waals surface area contributed by atoms with Crippen LogP contribution in [0.5, 0.6) is 0 Å². The lowest BCUT2D eigenvalue weighted by Crippen LogP contribution is -2.02. The highest BCUT2D eigenvalue weighted by atomic mass is 15.2. The van der Waals surface area contributed by atoms with Crippen molar-refractivity contribution in [2.45, 2.75) is 19.8 Å². The van der Waals surface area contributed by atoms with E-state index in [9.17, 15) is 0 Å². The number of aromatic nitrogens is 3. The zero-order valence-corrected chi connectivity index (χ0v) is 7.23. The molecule has 0 atom stereocenters. The Kier molecular flexibility index (Phi) is 1.57. The molecule has 0 bridgehead atoms. The fourth-order valence-corrected chi connectivity index (χ4v) is 1.30. The highest BCUT2D eigenvalue weighted by molar-refractivity contribution is 5.45. The first-order valence-corrected chi connectivity index (χ1v) is 4.07. The molecule has 3 nitrogen and oxygen atoms in total. The summed E-state index contributed by atoms with van der Waals surface area (Å²) in [6.45, 7) is 4.23. The SMILES string of the molecule is CC(C)c1nncc2cccn12. The lowest BCUT2D eigenvalue weighted by atomic mass is 10.2. The van der Waals surface area contributed by atoms with Crippen LogP contribution in [0.2, 0.25) is 0 Å². The van der Waals surface area contributed by atoms with E-state index < -0.39 is 0 Å². The van der Waals surface area contributed by atoms with Crippen molar-refractivity contribution in [3.8, 4) is 0 Å². The third-order valence-corrected chi connectivity index (χ3v) is 1.89. The molecule has 3 heteroatoms. The average molecular weight is 161 g/mol. The van der Waals surface area contributed by atoms with Gasteiger partial charge in [0, 0.05) is 12.1 Å². The first kappa shape index (κ1) is 7.28. The Morgan fingerprint density at radius 1 is 1.42 bits per heavy atom. The molecule has 2 heterocycles. The molecule has 2 rings (SSSR count). The molecule has 0 aliphatic heterocycles. The van der Waals surface area contributed by atoms with Crippen LogP contribution in [0.3, 0.4) is 0 Å². The monoisotopic (exact) mass is 161 g/mol. The van der Waals surface area contributed by atoms with E-state index in [2.05, 4.69) is 28.4 Å². The van der Waals surface area contributed by atoms with Crippen LogP contribution >= 0.6 is 0 Å². The van der Waals surface area contributed by atoms with Gasteiger partial charge in [-0.05, 0) is 12.1 Å². The summed E-state index contributed by atoms with van der Waals surface area (Å²) in [6.07, 6.45) is 3.78. The van der Waals surface area contributed by atoms with Gasteiger partial charge in [-0.3, -0.25) is 0 Å². The summed E-state index contributed by atoms with van der Waals surface area (Å²) in [5.41, 5.74) is 1.11. The van der Waals surface area contributed by atoms with Gasteiger partial charge in [0.05, 0.1) is 11.7 Å². The Morgan fingerprint density at radius 3 is 3.00 bits per heavy atom. The van der Waals surface area contributed by atoms with Crippen molar-refractivity contribution in [1.29, 1.82) is 0 Å². The molecule has 0 fully saturated rings. The van der Waals surface area contributed by atoms with Gasteiger partial charge in [0.1, 0.15) is 5.82 Å². The van der Waals surface area contributed by atoms with E-state index in [1.165, 1.54) is 0 Å². The van der Waals surface area contributed by atoms with Crippen molar-refractivity contribution in [3.05, 3.63) is 30.4 Å². The van der Waals surface area contributed by atoms with Crippen LogP contribution in [0, 0.1) is 0 Å². The van der Waals surface area contributed by atoms with E-state index in [-0.39, 0.29) is 0 Å². The van der Waals surface area contributed by atoms with Crippen molar-refractivity contribution < 1.29 is 0 Å². The topological polar surface area (TPSA) is 30.2 Å². The third kappa shape index (κ3) is 0.978. The summed E-state index contributed by atoms with van der Waals surface area (Å²) >= 11 is 0. The zero-order valence-electron chi connectivity index (χ0n) is 7.23. The number of rotatable bonds is 1. The van der Waals surface area contributed by atoms with Gasteiger partial charge in [-0.1, -0.05) is 13.8 Å². The van der Waals surface area contributed by atoms with Crippen LogP contribution in [-0.4, -0.2) is 14.6 Å². The maximum atomic E-state index is 4.09. The summed E-state index contributed by atoms with van der Waals surface area (Å²) in [5.74, 6) is 1.42. The molecule has 62 valence electrons. The molecule has 0 N–H and O–H groups in total. The van der Waals surface area contributed by atoms with Crippen LogP contribution in [0.25, 0.3) is 5.52 Å². The lowest BCUT2D eigenvalue weighted by molar-refractivity contribution is 0.719. The summed E-state index contributed by atoms with van der Waals surface area (Å²) in [5, 5.41) is 8.03. The maximum Gasteiger partial charge on any atom is 0.138 e. The molecule has 0 amide bonds. The second-order valence-corrected chi connectivity index (χ2v) is 3.16. The van der Waals surface area contributed by atoms with Gasteiger partial charge in [0.15, 0.2) is 0 Å². The normalized spacial score (nSPS) is 11.2. The molecule has 0 aliphatic carbocycles. The highest BCUT2D eigenvalue weighted by Crippen LogP contribution is 2.12. The Balaban J connectivity index is 2.73. The molecule has 2 aromatic heterocycles. The van der Waals surface area contributed by atoms with E-state index >= 15 is 0 Å². The maximum absolute atomic E-state index is 4.09. The molecule has 0 aromatic carbocycles. The van der Waals surface area contributed by atoms with Crippen LogP contribution in [-0.2, 0) is 0 Å². The van der Waals surface area contributed by atoms with Crippen LogP contribution in [0.15, 0.2) is 24.5 Å². The molecule has 12 heavy (non-hydrogen) atoms. The highest BCUT2D eigenvalue weighted by Gasteiger charge is 2.05. The van der Waals surface area contributed by atoms with Crippen molar-refractivity contribution in [3.63, 3.8) is 0 Å². The van der Waals surface area contributed by atoms with Gasteiger partial charge in [-0.25, -0.2) is 0 Å². The number of fused-ring (bicyclic) bond motifs is 1. The first-order valence-electron chi connectivity index (χ1n) is 4.07. The van der Waals surface area contributed by atoms with Gasteiger partial charge in [0.2, 0.25) is 0 Å². The fourth-order valence-electron chi connectivity index (χ4n) is 1.30. The molecule has 0 radical (unpaired) electrons. The lowest BCUT2D eigenvalue weighted by Gasteiger charge is -2.05. The zero-order chi connectivity index (χ0) is 8.55. The molecule has 0 aliphatic rings. The Hall–Kier alpha value is -1.38. The second kappa shape index (κ2) is 2.59. The molecular formula is C9H11N3. The van der Waals surface area contributed by atoms with E-state index in [0.717, 1.165) is 11.3 Å². The summed E-state index contributed by atoms with van der Waals surface area (Å²) in [7, 11) is 0. The fraction of sp³-hybridized carbons (Fsp3) is 0.333. The minimum atomic E-state index is 0.411. The third-order valence-electron chi connectivity index (χ3n) is 1.89. The Bertz CT molecular complexity index is 389. The van der Waals surface area contributed by atoms with E-state index in [4.69, 9.17) is 0 Å². The second-order valence-electron chi connectivity index (χ2n) is 3.16. The summed E-state index contributed by atoms with van der Waals surface area (Å²) in [6, 6.07) is 4.03. The largest absolute Gasteiger partial charge is 0.302 e. The Morgan fingerprint density at radius 2 is 2.25 bits per heavy atom. The standard InChI is InChI=1S/C9H11N3/c1-7(2)9-11-10-6-8-4-3-5-12(8)9/h3-7H,1-2H3. The minimum Gasteiger partial charge on any atom is -0.302 e. The van der Waals surface area contributed by atoms with Gasteiger partial charge >= 0.3 is 0 Å². The van der Waals surface area contributed by atoms with E-state index in [1.54, 1.807) is 6.20 Å². The molecule has 0 saturated carbocycles. The molecular weight excluding hydrogens is 150 g/mol. The Labute approximate surface area is 71.1 Å². The van der Waals surface area contributed by atoms with Gasteiger partial charge < -0.3 is 4.40 Å². The molecule has 0 unspecified atom stereocenters. The van der Waals surface area contributed by atoms with Gasteiger partial charge in [0.25, 0.3) is 0 Å². The predicted octanol–water partition coefficient (Wildman–Crippen LogP) is 1.85. The summed E-state index contributed by atoms with van der Waals surface area (Å²) in [4.78, 5) is 0. The number of nitrogens with zero attached hydrogens (tertiary/aromatic N) is 3.